The molecule has 96 valence electrons. The molecule has 0 heterocycles. The van der Waals surface area contributed by atoms with E-state index in [0.29, 0.717) is 6.54 Å². The van der Waals surface area contributed by atoms with Gasteiger partial charge in [0.25, 0.3) is 0 Å². The fourth-order valence-corrected chi connectivity index (χ4v) is 2.15. The predicted molar refractivity (Wildman–Crippen MR) is 70.5 cm³/mol. The van der Waals surface area contributed by atoms with Crippen molar-refractivity contribution in [2.45, 2.75) is 6.42 Å². The van der Waals surface area contributed by atoms with Crippen molar-refractivity contribution in [1.29, 1.82) is 0 Å². The molecule has 0 fully saturated rings. The first-order valence-electron chi connectivity index (χ1n) is 5.67. The van der Waals surface area contributed by atoms with Gasteiger partial charge in [-0.1, -0.05) is 30.3 Å². The van der Waals surface area contributed by atoms with Gasteiger partial charge in [0.05, 0.1) is 5.75 Å². The first-order valence-corrected chi connectivity index (χ1v) is 7.28. The number of benzene rings is 1. The van der Waals surface area contributed by atoms with Gasteiger partial charge in [-0.3, -0.25) is 0 Å². The maximum atomic E-state index is 11.4. The van der Waals surface area contributed by atoms with E-state index in [-0.39, 0.29) is 5.75 Å². The van der Waals surface area contributed by atoms with E-state index in [0.717, 1.165) is 13.0 Å². The Labute approximate surface area is 104 Å². The maximum Gasteiger partial charge on any atom is 0.214 e. The summed E-state index contributed by atoms with van der Waals surface area (Å²) in [5.74, 6) is 0.148. The Morgan fingerprint density at radius 2 is 1.76 bits per heavy atom. The minimum atomic E-state index is -3.07. The van der Waals surface area contributed by atoms with Crippen molar-refractivity contribution < 1.29 is 8.42 Å². The lowest BCUT2D eigenvalue weighted by Gasteiger charge is -2.11. The molecule has 0 spiro atoms. The van der Waals surface area contributed by atoms with Crippen LogP contribution in [0.15, 0.2) is 30.3 Å². The molecular formula is C12H20N2O2S. The van der Waals surface area contributed by atoms with Crippen molar-refractivity contribution in [1.82, 2.24) is 9.62 Å². The largest absolute Gasteiger partial charge is 0.315 e. The normalized spacial score (nSPS) is 11.9. The molecule has 0 aliphatic rings. The molecule has 0 unspecified atom stereocenters. The van der Waals surface area contributed by atoms with Crippen LogP contribution in [0.1, 0.15) is 5.56 Å². The molecule has 4 nitrogen and oxygen atoms in total. The smallest absolute Gasteiger partial charge is 0.214 e. The third-order valence-electron chi connectivity index (χ3n) is 2.53. The molecule has 0 saturated heterocycles. The molecule has 1 aromatic rings. The zero-order valence-electron chi connectivity index (χ0n) is 10.4. The van der Waals surface area contributed by atoms with E-state index in [1.165, 1.54) is 9.87 Å². The number of nitrogens with one attached hydrogen (secondary N) is 1. The third-order valence-corrected chi connectivity index (χ3v) is 4.36. The molecule has 0 atom stereocenters. The van der Waals surface area contributed by atoms with Crippen LogP contribution in [0.4, 0.5) is 0 Å². The SMILES string of the molecule is CN(C)S(=O)(=O)CCNCCc1ccccc1. The summed E-state index contributed by atoms with van der Waals surface area (Å²) in [6.07, 6.45) is 0.919. The van der Waals surface area contributed by atoms with E-state index in [4.69, 9.17) is 0 Å². The second-order valence-electron chi connectivity index (χ2n) is 4.08. The summed E-state index contributed by atoms with van der Waals surface area (Å²) in [7, 11) is 0.0373. The van der Waals surface area contributed by atoms with Crippen LogP contribution in [0.5, 0.6) is 0 Å². The van der Waals surface area contributed by atoms with Crippen molar-refractivity contribution in [3.63, 3.8) is 0 Å². The topological polar surface area (TPSA) is 49.4 Å². The number of sulfonamides is 1. The van der Waals surface area contributed by atoms with Crippen LogP contribution >= 0.6 is 0 Å². The summed E-state index contributed by atoms with van der Waals surface area (Å²) >= 11 is 0. The Bertz CT molecular complexity index is 415. The van der Waals surface area contributed by atoms with Gasteiger partial charge in [0.2, 0.25) is 10.0 Å². The quantitative estimate of drug-likeness (QED) is 0.731. The summed E-state index contributed by atoms with van der Waals surface area (Å²) in [4.78, 5) is 0. The van der Waals surface area contributed by atoms with E-state index in [9.17, 15) is 8.42 Å². The van der Waals surface area contributed by atoms with E-state index in [1.807, 2.05) is 18.2 Å². The van der Waals surface area contributed by atoms with Gasteiger partial charge >= 0.3 is 0 Å². The maximum absolute atomic E-state index is 11.4. The molecule has 0 saturated carbocycles. The molecular weight excluding hydrogens is 236 g/mol. The lowest BCUT2D eigenvalue weighted by Crippen LogP contribution is -2.31. The van der Waals surface area contributed by atoms with Crippen LogP contribution in [0, 0.1) is 0 Å². The Balaban J connectivity index is 2.18. The monoisotopic (exact) mass is 256 g/mol. The Morgan fingerprint density at radius 3 is 2.35 bits per heavy atom. The van der Waals surface area contributed by atoms with Crippen LogP contribution < -0.4 is 5.32 Å². The summed E-state index contributed by atoms with van der Waals surface area (Å²) in [5.41, 5.74) is 1.26. The van der Waals surface area contributed by atoms with Crippen molar-refractivity contribution in [2.75, 3.05) is 32.9 Å². The summed E-state index contributed by atoms with van der Waals surface area (Å²) in [6.45, 7) is 1.29. The zero-order valence-corrected chi connectivity index (χ0v) is 11.2. The van der Waals surface area contributed by atoms with Crippen molar-refractivity contribution in [2.24, 2.45) is 0 Å². The number of hydrogen-bond acceptors (Lipinski definition) is 3. The standard InChI is InChI=1S/C12H20N2O2S/c1-14(2)17(15,16)11-10-13-9-8-12-6-4-3-5-7-12/h3-7,13H,8-11H2,1-2H3. The lowest BCUT2D eigenvalue weighted by atomic mass is 10.1. The number of hydrogen-bond donors (Lipinski definition) is 1. The molecule has 0 amide bonds. The zero-order chi connectivity index (χ0) is 12.7. The van der Waals surface area contributed by atoms with Crippen LogP contribution in [-0.4, -0.2) is 45.7 Å². The van der Waals surface area contributed by atoms with Gasteiger partial charge in [-0.25, -0.2) is 12.7 Å². The Kier molecular flexibility index (Phi) is 5.61. The second-order valence-corrected chi connectivity index (χ2v) is 6.39. The molecule has 5 heteroatoms. The highest BCUT2D eigenvalue weighted by Crippen LogP contribution is 1.98. The Morgan fingerprint density at radius 1 is 1.12 bits per heavy atom. The molecule has 1 aromatic carbocycles. The highest BCUT2D eigenvalue weighted by Gasteiger charge is 2.11. The van der Waals surface area contributed by atoms with Gasteiger partial charge < -0.3 is 5.32 Å². The van der Waals surface area contributed by atoms with Crippen LogP contribution in [0.2, 0.25) is 0 Å². The fourth-order valence-electron chi connectivity index (χ4n) is 1.39. The number of rotatable bonds is 7. The van der Waals surface area contributed by atoms with Gasteiger partial charge in [0.15, 0.2) is 0 Å². The minimum absolute atomic E-state index is 0.148. The van der Waals surface area contributed by atoms with Gasteiger partial charge in [0.1, 0.15) is 0 Å². The van der Waals surface area contributed by atoms with Crippen molar-refractivity contribution >= 4 is 10.0 Å². The average molecular weight is 256 g/mol. The van der Waals surface area contributed by atoms with E-state index in [1.54, 1.807) is 14.1 Å². The third kappa shape index (κ3) is 5.30. The second kappa shape index (κ2) is 6.74. The minimum Gasteiger partial charge on any atom is -0.315 e. The van der Waals surface area contributed by atoms with E-state index in [2.05, 4.69) is 17.4 Å². The van der Waals surface area contributed by atoms with Crippen LogP contribution in [0.25, 0.3) is 0 Å². The number of nitrogens with zero attached hydrogens (tertiary/aromatic N) is 1. The van der Waals surface area contributed by atoms with Gasteiger partial charge in [-0.2, -0.15) is 0 Å². The van der Waals surface area contributed by atoms with Crippen molar-refractivity contribution in [3.05, 3.63) is 35.9 Å². The van der Waals surface area contributed by atoms with Crippen molar-refractivity contribution in [3.8, 4) is 0 Å². The molecule has 17 heavy (non-hydrogen) atoms. The molecule has 0 bridgehead atoms. The van der Waals surface area contributed by atoms with Crippen LogP contribution in [0.3, 0.4) is 0 Å². The first-order chi connectivity index (χ1) is 8.02. The molecule has 0 radical (unpaired) electrons. The van der Waals surface area contributed by atoms with Gasteiger partial charge in [0, 0.05) is 20.6 Å². The van der Waals surface area contributed by atoms with Gasteiger partial charge in [-0.15, -0.1) is 0 Å². The molecule has 0 aliphatic carbocycles. The lowest BCUT2D eigenvalue weighted by molar-refractivity contribution is 0.517. The van der Waals surface area contributed by atoms with Gasteiger partial charge in [-0.05, 0) is 18.5 Å². The molecule has 1 rings (SSSR count). The summed E-state index contributed by atoms with van der Waals surface area (Å²) in [5, 5.41) is 3.14. The molecule has 0 aromatic heterocycles. The van der Waals surface area contributed by atoms with Crippen LogP contribution in [-0.2, 0) is 16.4 Å². The average Bonchev–Trinajstić information content (AvgIpc) is 2.29. The highest BCUT2D eigenvalue weighted by molar-refractivity contribution is 7.89. The molecule has 1 N–H and O–H groups in total. The highest BCUT2D eigenvalue weighted by atomic mass is 32.2. The summed E-state index contributed by atoms with van der Waals surface area (Å²) < 4.78 is 24.2. The Hall–Kier alpha value is -0.910. The fraction of sp³-hybridized carbons (Fsp3) is 0.500. The van der Waals surface area contributed by atoms with E-state index >= 15 is 0 Å². The first kappa shape index (κ1) is 14.2. The summed E-state index contributed by atoms with van der Waals surface area (Å²) in [6, 6.07) is 10.1. The van der Waals surface area contributed by atoms with E-state index < -0.39 is 10.0 Å². The predicted octanol–water partition coefficient (Wildman–Crippen LogP) is 0.710. The molecule has 0 aliphatic heterocycles.